The smallest absolute Gasteiger partial charge is 0.423 e. The third-order valence-electron chi connectivity index (χ3n) is 13.1. The van der Waals surface area contributed by atoms with Gasteiger partial charge >= 0.3 is 21.6 Å². The van der Waals surface area contributed by atoms with Gasteiger partial charge in [0.25, 0.3) is 0 Å². The van der Waals surface area contributed by atoms with Gasteiger partial charge in [-0.15, -0.1) is 0 Å². The van der Waals surface area contributed by atoms with Crippen LogP contribution in [0.5, 0.6) is 0 Å². The van der Waals surface area contributed by atoms with Crippen LogP contribution >= 0.6 is 63.7 Å². The van der Waals surface area contributed by atoms with E-state index in [0.29, 0.717) is 26.7 Å². The molecule has 0 aliphatic heterocycles. The Morgan fingerprint density at radius 3 is 0.794 bits per heavy atom. The number of hydrogen-bond acceptors (Lipinski definition) is 15. The normalized spacial score (nSPS) is 10.4. The standard InChI is InChI=1S/C22H11F6N3.C17H9BrF4N2.C7H5Br3.2C5H4BF2NO2.C5H3F2N.C3H9BO3/c1-10-15(13-3-6-18(24)30-21(13)27)8-11(12-2-5-17(23)29-20(12)26)9-16(10)14-4-7-19(25)31-22(14)28;1-8-12(11-3-5-15(20)24-17(11)22)6-9(7-13(8)18)10-2-4-14(19)23-16(10)21;1-4-6(9)2-5(8)3-7(4)10;2*7-4-2-1-3(6(10)11)5(8)9-4;6-4-2-1-3-5(7)8-4;1-5-4(6-2)7-3/h2-9H,1H3;2-7H,1H3;2-3H,1H3;2*1-2,10-11H;1-3H;1-3H3. The van der Waals surface area contributed by atoms with E-state index in [1.54, 1.807) is 13.0 Å². The second kappa shape index (κ2) is 39.9. The molecule has 11 rings (SSSR count). The molecule has 0 atom stereocenters. The summed E-state index contributed by atoms with van der Waals surface area (Å²) in [5, 5.41) is 33.8. The Morgan fingerprint density at radius 1 is 0.284 bits per heavy atom. The lowest BCUT2D eigenvalue weighted by molar-refractivity contribution is 0.163. The molecular formula is C64H45B3Br4F16N8O7. The number of aromatic nitrogens is 8. The lowest BCUT2D eigenvalue weighted by Crippen LogP contribution is -2.33. The average Bonchev–Trinajstić information content (AvgIpc) is 0.767. The van der Waals surface area contributed by atoms with Gasteiger partial charge in [-0.05, 0) is 187 Å². The van der Waals surface area contributed by atoms with Crippen LogP contribution in [-0.2, 0) is 14.0 Å². The van der Waals surface area contributed by atoms with Crippen LogP contribution in [0.4, 0.5) is 70.2 Å². The first kappa shape index (κ1) is 84.2. The van der Waals surface area contributed by atoms with Crippen LogP contribution in [-0.4, -0.2) is 103 Å². The fourth-order valence-corrected chi connectivity index (χ4v) is 10.9. The molecule has 532 valence electrons. The minimum Gasteiger partial charge on any atom is -0.423 e. The van der Waals surface area contributed by atoms with E-state index in [4.69, 9.17) is 20.1 Å². The highest BCUT2D eigenvalue weighted by molar-refractivity contribution is 9.11. The molecular weight excluding hydrogens is 1650 g/mol. The lowest BCUT2D eigenvalue weighted by Gasteiger charge is -2.16. The SMILES string of the molecule is COB(OC)OC.Cc1c(-c2ccc(F)nc2F)cc(-c2ccc(F)nc2F)cc1-c1ccc(F)nc1F.Cc1c(Br)cc(-c2ccc(F)nc2F)cc1-c1ccc(F)nc1F.Cc1c(Br)cc(Br)cc1Br.Fc1cccc(F)n1.OB(O)c1ccc(F)nc1F.OB(O)c1ccc(F)nc1F. The summed E-state index contributed by atoms with van der Waals surface area (Å²) < 4.78 is 227. The van der Waals surface area contributed by atoms with Gasteiger partial charge in [0, 0.05) is 78.0 Å². The topological polar surface area (TPSA) is 212 Å². The van der Waals surface area contributed by atoms with Crippen molar-refractivity contribution in [1.29, 1.82) is 0 Å². The molecule has 8 heterocycles. The Bertz CT molecular complexity index is 4540. The van der Waals surface area contributed by atoms with E-state index in [9.17, 15) is 70.2 Å². The number of halogens is 20. The lowest BCUT2D eigenvalue weighted by atomic mass is 9.81. The largest absolute Gasteiger partial charge is 0.638 e. The summed E-state index contributed by atoms with van der Waals surface area (Å²) in [5.74, 6) is -16.3. The highest BCUT2D eigenvalue weighted by Crippen LogP contribution is 2.40. The van der Waals surface area contributed by atoms with Gasteiger partial charge in [0.15, 0.2) is 0 Å². The van der Waals surface area contributed by atoms with Crippen LogP contribution in [0, 0.1) is 116 Å². The van der Waals surface area contributed by atoms with Crippen molar-refractivity contribution in [2.75, 3.05) is 21.3 Å². The second-order valence-electron chi connectivity index (χ2n) is 19.7. The second-order valence-corrected chi connectivity index (χ2v) is 23.2. The predicted molar refractivity (Wildman–Crippen MR) is 359 cm³/mol. The van der Waals surface area contributed by atoms with E-state index < -0.39 is 128 Å². The summed E-state index contributed by atoms with van der Waals surface area (Å²) in [6.07, 6.45) is 0. The molecule has 4 N–H and O–H groups in total. The van der Waals surface area contributed by atoms with Crippen molar-refractivity contribution in [2.24, 2.45) is 0 Å². The third kappa shape index (κ3) is 24.7. The Hall–Kier alpha value is -8.43. The summed E-state index contributed by atoms with van der Waals surface area (Å²) in [4.78, 5) is 24.1. The molecule has 0 spiro atoms. The Balaban J connectivity index is 0.000000232. The van der Waals surface area contributed by atoms with Crippen LogP contribution in [0.2, 0.25) is 0 Å². The Kier molecular flexibility index (Phi) is 32.9. The third-order valence-corrected chi connectivity index (χ3v) is 16.0. The van der Waals surface area contributed by atoms with Gasteiger partial charge in [0.2, 0.25) is 95.2 Å². The first-order chi connectivity index (χ1) is 48.1. The van der Waals surface area contributed by atoms with Gasteiger partial charge in [-0.3, -0.25) is 0 Å². The fourth-order valence-electron chi connectivity index (χ4n) is 8.15. The van der Waals surface area contributed by atoms with Gasteiger partial charge in [0.1, 0.15) is 0 Å². The molecule has 0 aliphatic rings. The molecule has 102 heavy (non-hydrogen) atoms. The highest BCUT2D eigenvalue weighted by Gasteiger charge is 2.23. The van der Waals surface area contributed by atoms with Crippen LogP contribution < -0.4 is 10.9 Å². The molecule has 8 aromatic heterocycles. The molecule has 0 amide bonds. The molecule has 0 saturated carbocycles. The summed E-state index contributed by atoms with van der Waals surface area (Å²) in [6, 6.07) is 27.6. The summed E-state index contributed by atoms with van der Waals surface area (Å²) in [7, 11) is 0.110. The zero-order valence-corrected chi connectivity index (χ0v) is 59.0. The van der Waals surface area contributed by atoms with E-state index in [1.807, 2.05) is 12.1 Å². The molecule has 11 aromatic rings. The van der Waals surface area contributed by atoms with Gasteiger partial charge in [0.05, 0.1) is 0 Å². The monoisotopic (exact) mass is 1690 g/mol. The van der Waals surface area contributed by atoms with E-state index in [2.05, 4.69) is 124 Å². The van der Waals surface area contributed by atoms with Crippen molar-refractivity contribution in [1.82, 2.24) is 39.9 Å². The zero-order chi connectivity index (χ0) is 76.0. The van der Waals surface area contributed by atoms with Crippen LogP contribution in [0.25, 0.3) is 55.6 Å². The summed E-state index contributed by atoms with van der Waals surface area (Å²) in [5.41, 5.74) is 2.24. The maximum atomic E-state index is 14.4. The van der Waals surface area contributed by atoms with Gasteiger partial charge in [-0.25, -0.2) is 0 Å². The maximum absolute atomic E-state index is 14.4. The minimum absolute atomic E-state index is 0.0637. The van der Waals surface area contributed by atoms with E-state index >= 15 is 0 Å². The number of pyridine rings is 8. The summed E-state index contributed by atoms with van der Waals surface area (Å²) >= 11 is 13.6. The molecule has 0 fully saturated rings. The molecule has 38 heteroatoms. The first-order valence-electron chi connectivity index (χ1n) is 28.0. The molecule has 0 aliphatic carbocycles. The van der Waals surface area contributed by atoms with Gasteiger partial charge in [-0.1, -0.05) is 81.9 Å². The zero-order valence-electron chi connectivity index (χ0n) is 52.7. The van der Waals surface area contributed by atoms with Crippen molar-refractivity contribution < 1.29 is 104 Å². The molecule has 0 saturated heterocycles. The Morgan fingerprint density at radius 2 is 0.539 bits per heavy atom. The molecule has 0 radical (unpaired) electrons. The van der Waals surface area contributed by atoms with E-state index in [1.165, 1.54) is 70.2 Å². The number of nitrogens with zero attached hydrogens (tertiary/aromatic N) is 8. The first-order valence-corrected chi connectivity index (χ1v) is 31.2. The van der Waals surface area contributed by atoms with Crippen LogP contribution in [0.1, 0.15) is 16.7 Å². The fraction of sp³-hybridized carbons (Fsp3) is 0.0938. The van der Waals surface area contributed by atoms with Crippen molar-refractivity contribution in [3.63, 3.8) is 0 Å². The van der Waals surface area contributed by atoms with Crippen molar-refractivity contribution in [3.05, 3.63) is 269 Å². The van der Waals surface area contributed by atoms with Crippen molar-refractivity contribution in [3.8, 4) is 55.6 Å². The highest BCUT2D eigenvalue weighted by atomic mass is 79.9. The van der Waals surface area contributed by atoms with Gasteiger partial charge in [-0.2, -0.15) is 110 Å². The Labute approximate surface area is 603 Å². The minimum atomic E-state index is -1.96. The summed E-state index contributed by atoms with van der Waals surface area (Å²) in [6.45, 7) is 5.31. The van der Waals surface area contributed by atoms with Crippen molar-refractivity contribution in [2.45, 2.75) is 20.8 Å². The molecule has 15 nitrogen and oxygen atoms in total. The average molecular weight is 1690 g/mol. The molecule has 0 unspecified atom stereocenters. The van der Waals surface area contributed by atoms with Crippen molar-refractivity contribution >= 4 is 96.2 Å². The maximum Gasteiger partial charge on any atom is 0.638 e. The predicted octanol–water partition coefficient (Wildman–Crippen LogP) is 15.1. The molecule has 3 aromatic carbocycles. The van der Waals surface area contributed by atoms with Gasteiger partial charge < -0.3 is 34.1 Å². The van der Waals surface area contributed by atoms with E-state index in [-0.39, 0.29) is 44.5 Å². The number of benzene rings is 3. The van der Waals surface area contributed by atoms with Crippen LogP contribution in [0.3, 0.4) is 0 Å². The quantitative estimate of drug-likeness (QED) is 0.0570. The molecule has 0 bridgehead atoms. The van der Waals surface area contributed by atoms with Crippen LogP contribution in [0.15, 0.2) is 157 Å². The number of hydrogen-bond donors (Lipinski definition) is 4. The van der Waals surface area contributed by atoms with E-state index in [0.717, 1.165) is 98.3 Å². The number of rotatable bonds is 10.